The Kier molecular flexibility index (Phi) is 6.29. The minimum atomic E-state index is -0.904. The Balaban J connectivity index is 1.93. The number of aromatic nitrogens is 1. The number of amides is 1. The average Bonchev–Trinajstić information content (AvgIpc) is 3.01. The number of carbonyl (C=O) groups is 2. The Morgan fingerprint density at radius 1 is 1.26 bits per heavy atom. The van der Waals surface area contributed by atoms with Gasteiger partial charge in [-0.2, -0.15) is 0 Å². The second kappa shape index (κ2) is 8.43. The molecule has 0 bridgehead atoms. The van der Waals surface area contributed by atoms with Crippen LogP contribution in [0.15, 0.2) is 35.7 Å². The lowest BCUT2D eigenvalue weighted by Crippen LogP contribution is -2.25. The SMILES string of the molecule is CCc1nc(CNC(=O)C[C@@H](CC(=O)O)c2ccccc2)cs1. The molecule has 0 aliphatic carbocycles. The lowest BCUT2D eigenvalue weighted by atomic mass is 9.92. The van der Waals surface area contributed by atoms with Gasteiger partial charge in [-0.1, -0.05) is 37.3 Å². The van der Waals surface area contributed by atoms with Crippen molar-refractivity contribution < 1.29 is 14.7 Å². The number of carboxylic acids is 1. The van der Waals surface area contributed by atoms with Crippen molar-refractivity contribution in [2.24, 2.45) is 0 Å². The second-order valence-corrected chi connectivity index (χ2v) is 6.22. The molecule has 2 N–H and O–H groups in total. The molecule has 0 saturated heterocycles. The number of aryl methyl sites for hydroxylation is 1. The van der Waals surface area contributed by atoms with E-state index >= 15 is 0 Å². The lowest BCUT2D eigenvalue weighted by molar-refractivity contribution is -0.137. The fourth-order valence-electron chi connectivity index (χ4n) is 2.32. The molecule has 23 heavy (non-hydrogen) atoms. The Bertz CT molecular complexity index is 655. The van der Waals surface area contributed by atoms with Crippen molar-refractivity contribution in [2.75, 3.05) is 0 Å². The van der Waals surface area contributed by atoms with Gasteiger partial charge >= 0.3 is 5.97 Å². The molecule has 0 fully saturated rings. The molecule has 0 radical (unpaired) electrons. The van der Waals surface area contributed by atoms with Crippen LogP contribution in [0.25, 0.3) is 0 Å². The molecule has 1 aromatic carbocycles. The molecule has 6 heteroatoms. The van der Waals surface area contributed by atoms with Crippen molar-refractivity contribution in [1.82, 2.24) is 10.3 Å². The van der Waals surface area contributed by atoms with Crippen LogP contribution in [-0.4, -0.2) is 22.0 Å². The third-order valence-corrected chi connectivity index (χ3v) is 4.53. The molecule has 0 saturated carbocycles. The van der Waals surface area contributed by atoms with Gasteiger partial charge in [0, 0.05) is 17.7 Å². The van der Waals surface area contributed by atoms with Crippen molar-refractivity contribution in [1.29, 1.82) is 0 Å². The molecule has 1 amide bonds. The van der Waals surface area contributed by atoms with Crippen LogP contribution in [0, 0.1) is 0 Å². The summed E-state index contributed by atoms with van der Waals surface area (Å²) in [5.41, 5.74) is 1.71. The molecule has 5 nitrogen and oxygen atoms in total. The van der Waals surface area contributed by atoms with E-state index in [1.807, 2.05) is 42.6 Å². The molecule has 0 spiro atoms. The molecular weight excluding hydrogens is 312 g/mol. The topological polar surface area (TPSA) is 79.3 Å². The zero-order valence-electron chi connectivity index (χ0n) is 13.0. The number of benzene rings is 1. The first-order valence-electron chi connectivity index (χ1n) is 7.55. The van der Waals surface area contributed by atoms with Crippen LogP contribution >= 0.6 is 11.3 Å². The third kappa shape index (κ3) is 5.49. The highest BCUT2D eigenvalue weighted by atomic mass is 32.1. The van der Waals surface area contributed by atoms with Crippen LogP contribution in [0.1, 0.15) is 41.9 Å². The summed E-state index contributed by atoms with van der Waals surface area (Å²) in [6.45, 7) is 2.42. The number of carbonyl (C=O) groups excluding carboxylic acids is 1. The Hall–Kier alpha value is -2.21. The summed E-state index contributed by atoms with van der Waals surface area (Å²) < 4.78 is 0. The van der Waals surface area contributed by atoms with E-state index in [-0.39, 0.29) is 24.7 Å². The number of nitrogens with one attached hydrogen (secondary N) is 1. The summed E-state index contributed by atoms with van der Waals surface area (Å²) in [5, 5.41) is 14.9. The van der Waals surface area contributed by atoms with Gasteiger partial charge < -0.3 is 10.4 Å². The number of aliphatic carboxylic acids is 1. The summed E-state index contributed by atoms with van der Waals surface area (Å²) in [6, 6.07) is 9.28. The molecular formula is C17H20N2O3S. The smallest absolute Gasteiger partial charge is 0.303 e. The zero-order chi connectivity index (χ0) is 16.7. The number of hydrogen-bond acceptors (Lipinski definition) is 4. The molecule has 2 aromatic rings. The maximum atomic E-state index is 12.1. The molecule has 1 atom stereocenters. The first kappa shape index (κ1) is 17.1. The van der Waals surface area contributed by atoms with Gasteiger partial charge in [0.2, 0.25) is 5.91 Å². The highest BCUT2D eigenvalue weighted by Gasteiger charge is 2.19. The van der Waals surface area contributed by atoms with Crippen LogP contribution in [0.3, 0.4) is 0 Å². The minimum Gasteiger partial charge on any atom is -0.481 e. The van der Waals surface area contributed by atoms with E-state index in [0.717, 1.165) is 22.7 Å². The number of rotatable bonds is 8. The summed E-state index contributed by atoms with van der Waals surface area (Å²) in [7, 11) is 0. The van der Waals surface area contributed by atoms with E-state index in [1.54, 1.807) is 11.3 Å². The highest BCUT2D eigenvalue weighted by Crippen LogP contribution is 2.23. The molecule has 0 aliphatic rings. The molecule has 1 heterocycles. The third-order valence-electron chi connectivity index (χ3n) is 3.49. The second-order valence-electron chi connectivity index (χ2n) is 5.27. The average molecular weight is 332 g/mol. The van der Waals surface area contributed by atoms with Gasteiger partial charge in [-0.3, -0.25) is 9.59 Å². The maximum absolute atomic E-state index is 12.1. The summed E-state index contributed by atoms with van der Waals surface area (Å²) >= 11 is 1.58. The van der Waals surface area contributed by atoms with Crippen molar-refractivity contribution >= 4 is 23.2 Å². The van der Waals surface area contributed by atoms with Crippen molar-refractivity contribution in [3.63, 3.8) is 0 Å². The van der Waals surface area contributed by atoms with E-state index in [2.05, 4.69) is 10.3 Å². The van der Waals surface area contributed by atoms with Crippen molar-refractivity contribution in [2.45, 2.75) is 38.6 Å². The van der Waals surface area contributed by atoms with Crippen LogP contribution in [0.5, 0.6) is 0 Å². The Morgan fingerprint density at radius 3 is 2.61 bits per heavy atom. The summed E-state index contributed by atoms with van der Waals surface area (Å²) in [4.78, 5) is 27.6. The van der Waals surface area contributed by atoms with Crippen LogP contribution in [0.4, 0.5) is 0 Å². The van der Waals surface area contributed by atoms with Crippen LogP contribution in [-0.2, 0) is 22.6 Å². The normalized spacial score (nSPS) is 11.9. The quantitative estimate of drug-likeness (QED) is 0.779. The molecule has 0 aliphatic heterocycles. The molecule has 122 valence electrons. The van der Waals surface area contributed by atoms with Gasteiger partial charge in [-0.25, -0.2) is 4.98 Å². The molecule has 1 aromatic heterocycles. The van der Waals surface area contributed by atoms with Gasteiger partial charge in [0.05, 0.1) is 23.7 Å². The fourth-order valence-corrected chi connectivity index (χ4v) is 3.07. The lowest BCUT2D eigenvalue weighted by Gasteiger charge is -2.15. The minimum absolute atomic E-state index is 0.0614. The van der Waals surface area contributed by atoms with Gasteiger partial charge in [-0.05, 0) is 12.0 Å². The maximum Gasteiger partial charge on any atom is 0.303 e. The highest BCUT2D eigenvalue weighted by molar-refractivity contribution is 7.09. The Morgan fingerprint density at radius 2 is 2.00 bits per heavy atom. The first-order chi connectivity index (χ1) is 11.1. The van der Waals surface area contributed by atoms with Gasteiger partial charge in [-0.15, -0.1) is 11.3 Å². The zero-order valence-corrected chi connectivity index (χ0v) is 13.8. The monoisotopic (exact) mass is 332 g/mol. The van der Waals surface area contributed by atoms with Gasteiger partial charge in [0.25, 0.3) is 0 Å². The van der Waals surface area contributed by atoms with Gasteiger partial charge in [0.1, 0.15) is 0 Å². The van der Waals surface area contributed by atoms with E-state index in [9.17, 15) is 9.59 Å². The van der Waals surface area contributed by atoms with Crippen LogP contribution in [0.2, 0.25) is 0 Å². The number of hydrogen-bond donors (Lipinski definition) is 2. The molecule has 0 unspecified atom stereocenters. The van der Waals surface area contributed by atoms with E-state index in [1.165, 1.54) is 0 Å². The summed E-state index contributed by atoms with van der Waals surface area (Å²) in [6.07, 6.45) is 0.975. The van der Waals surface area contributed by atoms with Crippen LogP contribution < -0.4 is 5.32 Å². The van der Waals surface area contributed by atoms with E-state index < -0.39 is 5.97 Å². The standard InChI is InChI=1S/C17H20N2O3S/c1-2-16-19-14(11-23-16)10-18-15(20)8-13(9-17(21)22)12-6-4-3-5-7-12/h3-7,11,13H,2,8-10H2,1H3,(H,18,20)(H,21,22)/t13-/m0/s1. The van der Waals surface area contributed by atoms with E-state index in [4.69, 9.17) is 5.11 Å². The fraction of sp³-hybridized carbons (Fsp3) is 0.353. The number of carboxylic acid groups (broad SMARTS) is 1. The largest absolute Gasteiger partial charge is 0.481 e. The number of nitrogens with zero attached hydrogens (tertiary/aromatic N) is 1. The van der Waals surface area contributed by atoms with Crippen molar-refractivity contribution in [3.05, 3.63) is 52.0 Å². The molecule has 2 rings (SSSR count). The predicted molar refractivity (Wildman–Crippen MR) is 89.4 cm³/mol. The predicted octanol–water partition coefficient (Wildman–Crippen LogP) is 2.97. The number of thiazole rings is 1. The Labute approximate surface area is 139 Å². The van der Waals surface area contributed by atoms with E-state index in [0.29, 0.717) is 6.54 Å². The van der Waals surface area contributed by atoms with Gasteiger partial charge in [0.15, 0.2) is 0 Å². The van der Waals surface area contributed by atoms with Crippen molar-refractivity contribution in [3.8, 4) is 0 Å². The first-order valence-corrected chi connectivity index (χ1v) is 8.43. The summed E-state index contributed by atoms with van der Waals surface area (Å²) in [5.74, 6) is -1.39.